The zero-order valence-electron chi connectivity index (χ0n) is 9.77. The van der Waals surface area contributed by atoms with E-state index in [4.69, 9.17) is 15.7 Å². The number of benzene rings is 2. The normalized spacial score (nSPS) is 9.83. The van der Waals surface area contributed by atoms with Gasteiger partial charge in [-0.15, -0.1) is 0 Å². The molecule has 0 aromatic heterocycles. The predicted molar refractivity (Wildman–Crippen MR) is 66.8 cm³/mol. The Balaban J connectivity index is 2.37. The second kappa shape index (κ2) is 4.76. The third-order valence-electron chi connectivity index (χ3n) is 2.48. The van der Waals surface area contributed by atoms with Crippen molar-refractivity contribution in [1.82, 2.24) is 0 Å². The molecule has 18 heavy (non-hydrogen) atoms. The second-order valence-corrected chi connectivity index (χ2v) is 3.88. The number of anilines is 1. The van der Waals surface area contributed by atoms with Gasteiger partial charge in [0.25, 0.3) is 0 Å². The molecule has 2 aromatic carbocycles. The summed E-state index contributed by atoms with van der Waals surface area (Å²) in [4.78, 5) is 0. The predicted octanol–water partition coefficient (Wildman–Crippen LogP) is 3.38. The fraction of sp³-hybridized carbons (Fsp3) is 0.0714. The van der Waals surface area contributed by atoms with Gasteiger partial charge in [0.05, 0.1) is 5.56 Å². The molecule has 0 atom stereocenters. The number of aryl methyl sites for hydroxylation is 1. The first-order valence-corrected chi connectivity index (χ1v) is 5.34. The minimum atomic E-state index is -0.322. The summed E-state index contributed by atoms with van der Waals surface area (Å²) in [6.07, 6.45) is 0. The fourth-order valence-electron chi connectivity index (χ4n) is 1.57. The van der Waals surface area contributed by atoms with E-state index in [0.717, 1.165) is 0 Å². The van der Waals surface area contributed by atoms with E-state index in [9.17, 15) is 4.39 Å². The lowest BCUT2D eigenvalue weighted by molar-refractivity contribution is 0.475. The van der Waals surface area contributed by atoms with Gasteiger partial charge in [0, 0.05) is 5.69 Å². The van der Waals surface area contributed by atoms with Gasteiger partial charge in [-0.25, -0.2) is 4.39 Å². The highest BCUT2D eigenvalue weighted by atomic mass is 19.1. The standard InChI is InChI=1S/C14H11FN2O/c1-9-6-11(15)2-4-13(9)18-14-5-3-12(17)7-10(14)8-16/h2-7H,17H2,1H3. The zero-order valence-corrected chi connectivity index (χ0v) is 9.77. The largest absolute Gasteiger partial charge is 0.456 e. The molecule has 0 aliphatic rings. The van der Waals surface area contributed by atoms with E-state index < -0.39 is 0 Å². The summed E-state index contributed by atoms with van der Waals surface area (Å²) in [6.45, 7) is 1.74. The number of halogens is 1. The van der Waals surface area contributed by atoms with E-state index in [1.54, 1.807) is 19.1 Å². The molecule has 0 saturated heterocycles. The van der Waals surface area contributed by atoms with Gasteiger partial charge in [0.15, 0.2) is 0 Å². The molecule has 2 N–H and O–H groups in total. The van der Waals surface area contributed by atoms with Crippen LogP contribution in [-0.2, 0) is 0 Å². The molecule has 4 heteroatoms. The van der Waals surface area contributed by atoms with Gasteiger partial charge < -0.3 is 10.5 Å². The molecule has 0 fully saturated rings. The van der Waals surface area contributed by atoms with Crippen molar-refractivity contribution >= 4 is 5.69 Å². The van der Waals surface area contributed by atoms with E-state index in [1.807, 2.05) is 6.07 Å². The Morgan fingerprint density at radius 3 is 2.56 bits per heavy atom. The van der Waals surface area contributed by atoms with Crippen LogP contribution in [0.4, 0.5) is 10.1 Å². The summed E-state index contributed by atoms with van der Waals surface area (Å²) in [6, 6.07) is 11.0. The number of nitrogens with two attached hydrogens (primary N) is 1. The topological polar surface area (TPSA) is 59.0 Å². The summed E-state index contributed by atoms with van der Waals surface area (Å²) in [5.41, 5.74) is 7.09. The van der Waals surface area contributed by atoms with Crippen LogP contribution in [0.15, 0.2) is 36.4 Å². The van der Waals surface area contributed by atoms with Gasteiger partial charge in [0.1, 0.15) is 23.4 Å². The molecule has 0 saturated carbocycles. The molecule has 90 valence electrons. The maximum absolute atomic E-state index is 13.0. The summed E-state index contributed by atoms with van der Waals surface area (Å²) in [5.74, 6) is 0.594. The number of nitrogens with zero attached hydrogens (tertiary/aromatic N) is 1. The first kappa shape index (κ1) is 11.9. The molecule has 0 unspecified atom stereocenters. The average Bonchev–Trinajstić information content (AvgIpc) is 2.34. The van der Waals surface area contributed by atoms with Gasteiger partial charge in [-0.1, -0.05) is 0 Å². The van der Waals surface area contributed by atoms with Crippen molar-refractivity contribution in [2.24, 2.45) is 0 Å². The Morgan fingerprint density at radius 1 is 1.17 bits per heavy atom. The number of nitriles is 1. The van der Waals surface area contributed by atoms with Crippen LogP contribution in [0.5, 0.6) is 11.5 Å². The Kier molecular flexibility index (Phi) is 3.16. The molecular weight excluding hydrogens is 231 g/mol. The van der Waals surface area contributed by atoms with Crippen molar-refractivity contribution in [3.05, 3.63) is 53.3 Å². The minimum absolute atomic E-state index is 0.322. The highest BCUT2D eigenvalue weighted by Gasteiger charge is 2.07. The molecule has 0 radical (unpaired) electrons. The smallest absolute Gasteiger partial charge is 0.145 e. The van der Waals surface area contributed by atoms with Gasteiger partial charge >= 0.3 is 0 Å². The molecular formula is C14H11FN2O. The number of nitrogen functional groups attached to an aromatic ring is 1. The Morgan fingerprint density at radius 2 is 1.89 bits per heavy atom. The maximum atomic E-state index is 13.0. The van der Waals surface area contributed by atoms with Gasteiger partial charge in [-0.2, -0.15) is 5.26 Å². The third kappa shape index (κ3) is 2.41. The molecule has 0 bridgehead atoms. The van der Waals surface area contributed by atoms with Crippen molar-refractivity contribution in [2.45, 2.75) is 6.92 Å². The summed E-state index contributed by atoms with van der Waals surface area (Å²) < 4.78 is 18.6. The van der Waals surface area contributed by atoms with Crippen LogP contribution < -0.4 is 10.5 Å². The Bertz CT molecular complexity index is 632. The monoisotopic (exact) mass is 242 g/mol. The number of rotatable bonds is 2. The highest BCUT2D eigenvalue weighted by molar-refractivity contribution is 5.54. The van der Waals surface area contributed by atoms with Crippen LogP contribution in [-0.4, -0.2) is 0 Å². The lowest BCUT2D eigenvalue weighted by Gasteiger charge is -2.10. The fourth-order valence-corrected chi connectivity index (χ4v) is 1.57. The first-order valence-electron chi connectivity index (χ1n) is 5.34. The van der Waals surface area contributed by atoms with Gasteiger partial charge in [-0.3, -0.25) is 0 Å². The van der Waals surface area contributed by atoms with Gasteiger partial charge in [0.2, 0.25) is 0 Å². The van der Waals surface area contributed by atoms with Crippen LogP contribution in [0.3, 0.4) is 0 Å². The van der Waals surface area contributed by atoms with Crippen molar-refractivity contribution in [3.8, 4) is 17.6 Å². The molecule has 0 spiro atoms. The third-order valence-corrected chi connectivity index (χ3v) is 2.48. The number of hydrogen-bond acceptors (Lipinski definition) is 3. The second-order valence-electron chi connectivity index (χ2n) is 3.88. The Labute approximate surface area is 104 Å². The van der Waals surface area contributed by atoms with Gasteiger partial charge in [-0.05, 0) is 48.9 Å². The molecule has 3 nitrogen and oxygen atoms in total. The van der Waals surface area contributed by atoms with E-state index in [0.29, 0.717) is 28.3 Å². The molecule has 0 aliphatic carbocycles. The molecule has 0 heterocycles. The number of hydrogen-bond donors (Lipinski definition) is 1. The minimum Gasteiger partial charge on any atom is -0.456 e. The molecule has 2 aromatic rings. The quantitative estimate of drug-likeness (QED) is 0.821. The van der Waals surface area contributed by atoms with Crippen molar-refractivity contribution < 1.29 is 9.13 Å². The average molecular weight is 242 g/mol. The van der Waals surface area contributed by atoms with E-state index >= 15 is 0 Å². The highest BCUT2D eigenvalue weighted by Crippen LogP contribution is 2.29. The maximum Gasteiger partial charge on any atom is 0.145 e. The van der Waals surface area contributed by atoms with E-state index in [1.165, 1.54) is 24.3 Å². The molecule has 2 rings (SSSR count). The first-order chi connectivity index (χ1) is 8.60. The van der Waals surface area contributed by atoms with Crippen molar-refractivity contribution in [2.75, 3.05) is 5.73 Å². The molecule has 0 aliphatic heterocycles. The van der Waals surface area contributed by atoms with E-state index in [-0.39, 0.29) is 5.82 Å². The van der Waals surface area contributed by atoms with Crippen LogP contribution in [0.1, 0.15) is 11.1 Å². The Hall–Kier alpha value is -2.54. The summed E-state index contributed by atoms with van der Waals surface area (Å²) in [7, 11) is 0. The van der Waals surface area contributed by atoms with Crippen LogP contribution >= 0.6 is 0 Å². The van der Waals surface area contributed by atoms with Crippen molar-refractivity contribution in [1.29, 1.82) is 5.26 Å². The van der Waals surface area contributed by atoms with Crippen LogP contribution in [0.25, 0.3) is 0 Å². The molecule has 0 amide bonds. The van der Waals surface area contributed by atoms with Crippen LogP contribution in [0.2, 0.25) is 0 Å². The zero-order chi connectivity index (χ0) is 13.1. The summed E-state index contributed by atoms with van der Waals surface area (Å²) >= 11 is 0. The number of ether oxygens (including phenoxy) is 1. The SMILES string of the molecule is Cc1cc(F)ccc1Oc1ccc(N)cc1C#N. The summed E-state index contributed by atoms with van der Waals surface area (Å²) in [5, 5.41) is 8.99. The van der Waals surface area contributed by atoms with Crippen molar-refractivity contribution in [3.63, 3.8) is 0 Å². The lowest BCUT2D eigenvalue weighted by atomic mass is 10.2. The van der Waals surface area contributed by atoms with Crippen LogP contribution in [0, 0.1) is 24.1 Å². The van der Waals surface area contributed by atoms with E-state index in [2.05, 4.69) is 0 Å². The lowest BCUT2D eigenvalue weighted by Crippen LogP contribution is -1.93.